The normalized spacial score (nSPS) is 11.9. The van der Waals surface area contributed by atoms with Gasteiger partial charge in [0.1, 0.15) is 18.1 Å². The third-order valence-corrected chi connectivity index (χ3v) is 4.06. The second kappa shape index (κ2) is 8.56. The maximum absolute atomic E-state index is 12.7. The molecule has 0 saturated heterocycles. The van der Waals surface area contributed by atoms with E-state index in [1.165, 1.54) is 0 Å². The number of carbonyl (C=O) groups excluding carboxylic acids is 1. The third kappa shape index (κ3) is 4.99. The first kappa shape index (κ1) is 18.8. The number of rotatable bonds is 7. The van der Waals surface area contributed by atoms with E-state index in [2.05, 4.69) is 19.2 Å². The molecular formula is C21H27NO3. The number of aryl methyl sites for hydroxylation is 1. The molecule has 0 radical (unpaired) electrons. The van der Waals surface area contributed by atoms with Crippen LogP contribution in [0.25, 0.3) is 0 Å². The van der Waals surface area contributed by atoms with Crippen LogP contribution in [0.4, 0.5) is 0 Å². The topological polar surface area (TPSA) is 47.6 Å². The lowest BCUT2D eigenvalue weighted by Gasteiger charge is -2.18. The van der Waals surface area contributed by atoms with Crippen molar-refractivity contribution >= 4 is 5.91 Å². The van der Waals surface area contributed by atoms with Crippen molar-refractivity contribution in [3.8, 4) is 11.5 Å². The molecule has 4 nitrogen and oxygen atoms in total. The second-order valence-corrected chi connectivity index (χ2v) is 6.56. The molecule has 0 unspecified atom stereocenters. The fraction of sp³-hybridized carbons (Fsp3) is 0.381. The summed E-state index contributed by atoms with van der Waals surface area (Å²) in [5.41, 5.74) is 2.61. The molecule has 2 rings (SSSR count). The molecule has 2 aromatic rings. The van der Waals surface area contributed by atoms with Crippen LogP contribution in [-0.4, -0.2) is 25.7 Å². The molecule has 0 bridgehead atoms. The molecule has 0 saturated carbocycles. The number of benzene rings is 2. The number of hydrogen-bond donors (Lipinski definition) is 1. The van der Waals surface area contributed by atoms with Gasteiger partial charge in [-0.25, -0.2) is 0 Å². The van der Waals surface area contributed by atoms with Crippen LogP contribution < -0.4 is 14.8 Å². The summed E-state index contributed by atoms with van der Waals surface area (Å²) < 4.78 is 11.1. The lowest BCUT2D eigenvalue weighted by atomic mass is 9.96. The second-order valence-electron chi connectivity index (χ2n) is 6.56. The molecular weight excluding hydrogens is 314 g/mol. The molecule has 134 valence electrons. The largest absolute Gasteiger partial charge is 0.496 e. The Morgan fingerprint density at radius 1 is 1.12 bits per heavy atom. The van der Waals surface area contributed by atoms with Gasteiger partial charge in [0.25, 0.3) is 5.91 Å². The first-order valence-electron chi connectivity index (χ1n) is 8.59. The molecule has 0 spiro atoms. The van der Waals surface area contributed by atoms with E-state index in [0.29, 0.717) is 12.2 Å². The minimum absolute atomic E-state index is 0.0915. The van der Waals surface area contributed by atoms with Gasteiger partial charge in [0.2, 0.25) is 0 Å². The van der Waals surface area contributed by atoms with Crippen LogP contribution >= 0.6 is 0 Å². The van der Waals surface area contributed by atoms with Crippen molar-refractivity contribution in [2.24, 2.45) is 0 Å². The maximum atomic E-state index is 12.7. The summed E-state index contributed by atoms with van der Waals surface area (Å²) in [7, 11) is 1.66. The van der Waals surface area contributed by atoms with Gasteiger partial charge in [0, 0.05) is 5.56 Å². The SMILES string of the molecule is COc1cc(C)c(C(=O)N[C@H](C)COc2ccccc2)cc1C(C)C. The zero-order chi connectivity index (χ0) is 18.4. The molecule has 1 atom stereocenters. The number of methoxy groups -OCH3 is 1. The monoisotopic (exact) mass is 341 g/mol. The Labute approximate surface area is 150 Å². The Kier molecular flexibility index (Phi) is 6.45. The number of nitrogens with one attached hydrogen (secondary N) is 1. The molecule has 0 fully saturated rings. The fourth-order valence-corrected chi connectivity index (χ4v) is 2.65. The van der Waals surface area contributed by atoms with Crippen molar-refractivity contribution in [1.82, 2.24) is 5.32 Å². The molecule has 0 aliphatic carbocycles. The molecule has 0 aliphatic heterocycles. The number of hydrogen-bond acceptors (Lipinski definition) is 3. The van der Waals surface area contributed by atoms with Crippen molar-refractivity contribution in [2.75, 3.05) is 13.7 Å². The van der Waals surface area contributed by atoms with E-state index in [4.69, 9.17) is 9.47 Å². The summed E-state index contributed by atoms with van der Waals surface area (Å²) in [4.78, 5) is 12.7. The molecule has 0 aromatic heterocycles. The van der Waals surface area contributed by atoms with Crippen molar-refractivity contribution in [3.63, 3.8) is 0 Å². The van der Waals surface area contributed by atoms with Gasteiger partial charge < -0.3 is 14.8 Å². The number of ether oxygens (including phenoxy) is 2. The lowest BCUT2D eigenvalue weighted by Crippen LogP contribution is -2.37. The van der Waals surface area contributed by atoms with Crippen molar-refractivity contribution in [1.29, 1.82) is 0 Å². The molecule has 1 amide bonds. The Hall–Kier alpha value is -2.49. The third-order valence-electron chi connectivity index (χ3n) is 4.06. The average Bonchev–Trinajstić information content (AvgIpc) is 2.60. The van der Waals surface area contributed by atoms with Crippen LogP contribution in [0.1, 0.15) is 48.2 Å². The summed E-state index contributed by atoms with van der Waals surface area (Å²) in [6.07, 6.45) is 0. The van der Waals surface area contributed by atoms with Crippen LogP contribution in [0.2, 0.25) is 0 Å². The highest BCUT2D eigenvalue weighted by Crippen LogP contribution is 2.29. The minimum atomic E-state index is -0.100. The van der Waals surface area contributed by atoms with Gasteiger partial charge in [-0.15, -0.1) is 0 Å². The summed E-state index contributed by atoms with van der Waals surface area (Å²) >= 11 is 0. The van der Waals surface area contributed by atoms with E-state index in [-0.39, 0.29) is 17.9 Å². The Morgan fingerprint density at radius 2 is 1.80 bits per heavy atom. The first-order valence-corrected chi connectivity index (χ1v) is 8.59. The van der Waals surface area contributed by atoms with E-state index < -0.39 is 0 Å². The number of para-hydroxylation sites is 1. The molecule has 0 aliphatic rings. The summed E-state index contributed by atoms with van der Waals surface area (Å²) in [6, 6.07) is 13.3. The van der Waals surface area contributed by atoms with Gasteiger partial charge in [-0.2, -0.15) is 0 Å². The van der Waals surface area contributed by atoms with Crippen LogP contribution in [-0.2, 0) is 0 Å². The highest BCUT2D eigenvalue weighted by Gasteiger charge is 2.17. The van der Waals surface area contributed by atoms with Crippen molar-refractivity contribution in [3.05, 3.63) is 59.2 Å². The quantitative estimate of drug-likeness (QED) is 0.816. The van der Waals surface area contributed by atoms with Gasteiger partial charge in [-0.3, -0.25) is 4.79 Å². The van der Waals surface area contributed by atoms with E-state index >= 15 is 0 Å². The number of carbonyl (C=O) groups is 1. The van der Waals surface area contributed by atoms with Gasteiger partial charge in [0.15, 0.2) is 0 Å². The van der Waals surface area contributed by atoms with Gasteiger partial charge in [-0.1, -0.05) is 32.0 Å². The zero-order valence-electron chi connectivity index (χ0n) is 15.6. The molecule has 4 heteroatoms. The van der Waals surface area contributed by atoms with Crippen LogP contribution in [0.3, 0.4) is 0 Å². The van der Waals surface area contributed by atoms with Crippen molar-refractivity contribution < 1.29 is 14.3 Å². The summed E-state index contributed by atoms with van der Waals surface area (Å²) in [5.74, 6) is 1.81. The maximum Gasteiger partial charge on any atom is 0.251 e. The van der Waals surface area contributed by atoms with E-state index in [9.17, 15) is 4.79 Å². The lowest BCUT2D eigenvalue weighted by molar-refractivity contribution is 0.0926. The molecule has 0 heterocycles. The molecule has 1 N–H and O–H groups in total. The standard InChI is InChI=1S/C21H27NO3/c1-14(2)18-12-19(15(3)11-20(18)24-5)21(23)22-16(4)13-25-17-9-7-6-8-10-17/h6-12,14,16H,13H2,1-5H3,(H,22,23)/t16-/m1/s1. The van der Waals surface area contributed by atoms with Crippen molar-refractivity contribution in [2.45, 2.75) is 39.7 Å². The fourth-order valence-electron chi connectivity index (χ4n) is 2.65. The van der Waals surface area contributed by atoms with E-state index in [0.717, 1.165) is 22.6 Å². The van der Waals surface area contributed by atoms with Crippen LogP contribution in [0.15, 0.2) is 42.5 Å². The minimum Gasteiger partial charge on any atom is -0.496 e. The Balaban J connectivity index is 2.05. The summed E-state index contributed by atoms with van der Waals surface area (Å²) in [5, 5.41) is 3.01. The van der Waals surface area contributed by atoms with Gasteiger partial charge >= 0.3 is 0 Å². The smallest absolute Gasteiger partial charge is 0.251 e. The highest BCUT2D eigenvalue weighted by atomic mass is 16.5. The Morgan fingerprint density at radius 3 is 2.40 bits per heavy atom. The van der Waals surface area contributed by atoms with Gasteiger partial charge in [0.05, 0.1) is 13.2 Å². The zero-order valence-corrected chi connectivity index (χ0v) is 15.6. The number of amides is 1. The first-order chi connectivity index (χ1) is 11.9. The average molecular weight is 341 g/mol. The Bertz CT molecular complexity index is 711. The van der Waals surface area contributed by atoms with E-state index in [1.807, 2.05) is 56.3 Å². The van der Waals surface area contributed by atoms with Crippen LogP contribution in [0, 0.1) is 6.92 Å². The van der Waals surface area contributed by atoms with Gasteiger partial charge in [-0.05, 0) is 55.2 Å². The van der Waals surface area contributed by atoms with Crippen LogP contribution in [0.5, 0.6) is 11.5 Å². The predicted octanol–water partition coefficient (Wildman–Crippen LogP) is 4.32. The van der Waals surface area contributed by atoms with E-state index in [1.54, 1.807) is 7.11 Å². The summed E-state index contributed by atoms with van der Waals surface area (Å²) in [6.45, 7) is 8.45. The molecule has 2 aromatic carbocycles. The highest BCUT2D eigenvalue weighted by molar-refractivity contribution is 5.96. The predicted molar refractivity (Wildman–Crippen MR) is 101 cm³/mol. The molecule has 25 heavy (non-hydrogen) atoms.